The molecule has 0 aromatic heterocycles. The van der Waals surface area contributed by atoms with Crippen LogP contribution in [-0.2, 0) is 11.2 Å². The van der Waals surface area contributed by atoms with Gasteiger partial charge in [-0.25, -0.2) is 22.4 Å². The summed E-state index contributed by atoms with van der Waals surface area (Å²) in [4.78, 5) is 12.4. The monoisotopic (exact) mass is 476 g/mol. The summed E-state index contributed by atoms with van der Waals surface area (Å²) < 4.78 is 63.7. The Kier molecular flexibility index (Phi) is 7.63. The third kappa shape index (κ3) is 5.01. The van der Waals surface area contributed by atoms with E-state index in [0.29, 0.717) is 49.1 Å². The fraction of sp³-hybridized carbons (Fsp3) is 0.536. The third-order valence-electron chi connectivity index (χ3n) is 7.75. The van der Waals surface area contributed by atoms with Gasteiger partial charge in [0.05, 0.1) is 5.56 Å². The van der Waals surface area contributed by atoms with E-state index in [0.717, 1.165) is 25.7 Å². The van der Waals surface area contributed by atoms with E-state index < -0.39 is 40.9 Å². The van der Waals surface area contributed by atoms with Gasteiger partial charge in [0.15, 0.2) is 23.3 Å². The molecule has 2 saturated carbocycles. The van der Waals surface area contributed by atoms with Crippen molar-refractivity contribution in [2.75, 3.05) is 0 Å². The smallest absolute Gasteiger partial charge is 0.341 e. The van der Waals surface area contributed by atoms with E-state index >= 15 is 4.39 Å². The summed E-state index contributed by atoms with van der Waals surface area (Å²) in [6.07, 6.45) is 5.67. The van der Waals surface area contributed by atoms with Gasteiger partial charge in [-0.3, -0.25) is 0 Å². The zero-order valence-electron chi connectivity index (χ0n) is 19.8. The molecule has 2 nitrogen and oxygen atoms in total. The van der Waals surface area contributed by atoms with Gasteiger partial charge in [0.2, 0.25) is 0 Å². The predicted octanol–water partition coefficient (Wildman–Crippen LogP) is 7.98. The molecule has 0 unspecified atom stereocenters. The van der Waals surface area contributed by atoms with Crippen molar-refractivity contribution >= 4 is 5.97 Å². The van der Waals surface area contributed by atoms with Crippen molar-refractivity contribution in [2.24, 2.45) is 5.92 Å². The van der Waals surface area contributed by atoms with Crippen LogP contribution >= 0.6 is 0 Å². The molecule has 0 aliphatic heterocycles. The van der Waals surface area contributed by atoms with Gasteiger partial charge >= 0.3 is 5.97 Å². The first-order valence-corrected chi connectivity index (χ1v) is 12.5. The molecule has 0 heterocycles. The van der Waals surface area contributed by atoms with E-state index in [2.05, 4.69) is 6.92 Å². The average molecular weight is 477 g/mol. The number of rotatable bonds is 5. The summed E-state index contributed by atoms with van der Waals surface area (Å²) >= 11 is 0. The normalized spacial score (nSPS) is 25.2. The molecule has 2 aromatic carbocycles. The van der Waals surface area contributed by atoms with Gasteiger partial charge in [0.25, 0.3) is 0 Å². The van der Waals surface area contributed by atoms with Gasteiger partial charge in [-0.2, -0.15) is 0 Å². The highest BCUT2D eigenvalue weighted by Gasteiger charge is 2.31. The number of carbonyl (C=O) groups is 1. The highest BCUT2D eigenvalue weighted by Crippen LogP contribution is 2.40. The summed E-state index contributed by atoms with van der Waals surface area (Å²) in [5.74, 6) is -4.05. The lowest BCUT2D eigenvalue weighted by Crippen LogP contribution is -2.25. The Labute approximate surface area is 198 Å². The first-order chi connectivity index (χ1) is 16.3. The van der Waals surface area contributed by atoms with Crippen LogP contribution in [0.2, 0.25) is 0 Å². The zero-order chi connectivity index (χ0) is 24.4. The number of aryl methyl sites for hydroxylation is 1. The molecule has 0 radical (unpaired) electrons. The topological polar surface area (TPSA) is 26.3 Å². The molecule has 0 atom stereocenters. The van der Waals surface area contributed by atoms with Gasteiger partial charge in [-0.15, -0.1) is 0 Å². The summed E-state index contributed by atoms with van der Waals surface area (Å²) in [5, 5.41) is 0. The number of hydrogen-bond acceptors (Lipinski definition) is 2. The number of halogens is 4. The first-order valence-electron chi connectivity index (χ1n) is 12.5. The number of benzene rings is 2. The van der Waals surface area contributed by atoms with Crippen molar-refractivity contribution in [3.63, 3.8) is 0 Å². The maximum absolute atomic E-state index is 15.0. The van der Waals surface area contributed by atoms with Crippen LogP contribution in [0.25, 0.3) is 0 Å². The molecule has 0 amide bonds. The Morgan fingerprint density at radius 1 is 0.765 bits per heavy atom. The summed E-state index contributed by atoms with van der Waals surface area (Å²) in [5.41, 5.74) is 0.642. The van der Waals surface area contributed by atoms with Crippen LogP contribution in [0.4, 0.5) is 17.6 Å². The first kappa shape index (κ1) is 24.7. The fourth-order valence-electron chi connectivity index (χ4n) is 5.51. The lowest BCUT2D eigenvalue weighted by molar-refractivity contribution is 0.0188. The highest BCUT2D eigenvalue weighted by molar-refractivity contribution is 5.90. The second kappa shape index (κ2) is 10.5. The van der Waals surface area contributed by atoms with Gasteiger partial charge < -0.3 is 4.74 Å². The lowest BCUT2D eigenvalue weighted by Gasteiger charge is -2.30. The standard InChI is InChI=1S/C28H32F4O2/c1-3-17-10-13-23(27(32)24(17)29)28(33)34-20-11-8-19(9-12-20)22-15-14-21(25(30)26(22)31)18-6-4-16(2)5-7-18/h10,13-16,18-20H,3-9,11-12H2,1-2H3. The van der Waals surface area contributed by atoms with Crippen LogP contribution in [0.1, 0.15) is 104 Å². The SMILES string of the molecule is CCc1ccc(C(=O)OC2CCC(c3ccc(C4CCC(C)CC4)c(F)c3F)CC2)c(F)c1F. The van der Waals surface area contributed by atoms with E-state index in [9.17, 15) is 18.0 Å². The molecule has 184 valence electrons. The second-order valence-electron chi connectivity index (χ2n) is 9.96. The quantitative estimate of drug-likeness (QED) is 0.323. The minimum atomic E-state index is -1.19. The van der Waals surface area contributed by atoms with Crippen LogP contribution in [-0.4, -0.2) is 12.1 Å². The van der Waals surface area contributed by atoms with Crippen molar-refractivity contribution in [1.82, 2.24) is 0 Å². The Hall–Kier alpha value is -2.37. The molecule has 2 fully saturated rings. The molecule has 2 aliphatic carbocycles. The largest absolute Gasteiger partial charge is 0.459 e. The molecule has 4 rings (SSSR count). The maximum Gasteiger partial charge on any atom is 0.341 e. The Morgan fingerprint density at radius 3 is 1.82 bits per heavy atom. The molecule has 2 aliphatic rings. The third-order valence-corrected chi connectivity index (χ3v) is 7.75. The molecule has 6 heteroatoms. The number of esters is 1. The van der Waals surface area contributed by atoms with E-state index in [4.69, 9.17) is 4.74 Å². The van der Waals surface area contributed by atoms with Crippen LogP contribution in [0.5, 0.6) is 0 Å². The zero-order valence-corrected chi connectivity index (χ0v) is 19.8. The van der Waals surface area contributed by atoms with Gasteiger partial charge in [0, 0.05) is 0 Å². The van der Waals surface area contributed by atoms with Crippen LogP contribution < -0.4 is 0 Å². The molecular formula is C28H32F4O2. The van der Waals surface area contributed by atoms with Crippen molar-refractivity contribution in [2.45, 2.75) is 89.6 Å². The van der Waals surface area contributed by atoms with E-state index in [1.165, 1.54) is 12.1 Å². The van der Waals surface area contributed by atoms with E-state index in [-0.39, 0.29) is 17.4 Å². The van der Waals surface area contributed by atoms with Crippen LogP contribution in [0.15, 0.2) is 24.3 Å². The number of carbonyl (C=O) groups excluding carboxylic acids is 1. The van der Waals surface area contributed by atoms with Crippen molar-refractivity contribution in [3.8, 4) is 0 Å². The molecule has 0 bridgehead atoms. The maximum atomic E-state index is 15.0. The average Bonchev–Trinajstić information content (AvgIpc) is 2.84. The summed E-state index contributed by atoms with van der Waals surface area (Å²) in [7, 11) is 0. The Balaban J connectivity index is 1.38. The molecule has 34 heavy (non-hydrogen) atoms. The highest BCUT2D eigenvalue weighted by atomic mass is 19.2. The fourth-order valence-corrected chi connectivity index (χ4v) is 5.51. The molecule has 0 spiro atoms. The molecular weight excluding hydrogens is 444 g/mol. The number of ether oxygens (including phenoxy) is 1. The molecule has 2 aromatic rings. The Bertz CT molecular complexity index is 1040. The van der Waals surface area contributed by atoms with E-state index in [1.807, 2.05) is 0 Å². The number of hydrogen-bond donors (Lipinski definition) is 0. The van der Waals surface area contributed by atoms with Crippen molar-refractivity contribution < 1.29 is 27.1 Å². The van der Waals surface area contributed by atoms with Crippen LogP contribution in [0.3, 0.4) is 0 Å². The Morgan fingerprint density at radius 2 is 1.29 bits per heavy atom. The predicted molar refractivity (Wildman–Crippen MR) is 123 cm³/mol. The second-order valence-corrected chi connectivity index (χ2v) is 9.96. The van der Waals surface area contributed by atoms with E-state index in [1.54, 1.807) is 19.1 Å². The minimum Gasteiger partial charge on any atom is -0.459 e. The van der Waals surface area contributed by atoms with Crippen molar-refractivity contribution in [1.29, 1.82) is 0 Å². The van der Waals surface area contributed by atoms with Gasteiger partial charge in [0.1, 0.15) is 6.10 Å². The summed E-state index contributed by atoms with van der Waals surface area (Å²) in [6, 6.07) is 6.10. The lowest BCUT2D eigenvalue weighted by atomic mass is 9.77. The van der Waals surface area contributed by atoms with Gasteiger partial charge in [-0.05, 0) is 85.5 Å². The molecule has 0 saturated heterocycles. The van der Waals surface area contributed by atoms with Crippen molar-refractivity contribution in [3.05, 3.63) is 69.8 Å². The van der Waals surface area contributed by atoms with Crippen LogP contribution in [0, 0.1) is 29.2 Å². The molecule has 0 N–H and O–H groups in total. The summed E-state index contributed by atoms with van der Waals surface area (Å²) in [6.45, 7) is 3.90. The minimum absolute atomic E-state index is 0.0755. The van der Waals surface area contributed by atoms with Gasteiger partial charge in [-0.1, -0.05) is 44.9 Å².